The molecule has 3 nitrogen and oxygen atoms in total. The molecule has 1 aromatic rings. The minimum absolute atomic E-state index is 0.210. The predicted octanol–water partition coefficient (Wildman–Crippen LogP) is 2.60. The second-order valence-corrected chi connectivity index (χ2v) is 4.17. The Hall–Kier alpha value is -1.34. The largest absolute Gasteiger partial charge is 0.469 e. The summed E-state index contributed by atoms with van der Waals surface area (Å²) >= 11 is 3.33. The maximum Gasteiger partial charge on any atom is 0.309 e. The molecule has 84 valence electrons. The quantitative estimate of drug-likeness (QED) is 0.801. The zero-order chi connectivity index (χ0) is 12.1. The van der Waals surface area contributed by atoms with Crippen molar-refractivity contribution in [1.29, 1.82) is 5.26 Å². The number of esters is 1. The average molecular weight is 282 g/mol. The van der Waals surface area contributed by atoms with Crippen molar-refractivity contribution in [2.75, 3.05) is 7.11 Å². The number of carbonyl (C=O) groups excluding carboxylic acids is 1. The van der Waals surface area contributed by atoms with E-state index in [-0.39, 0.29) is 12.4 Å². The number of benzene rings is 1. The number of rotatable bonds is 3. The smallest absolute Gasteiger partial charge is 0.309 e. The maximum absolute atomic E-state index is 11.2. The Morgan fingerprint density at radius 1 is 1.50 bits per heavy atom. The minimum Gasteiger partial charge on any atom is -0.469 e. The highest BCUT2D eigenvalue weighted by Gasteiger charge is 2.10. The minimum atomic E-state index is -0.291. The van der Waals surface area contributed by atoms with E-state index in [1.807, 2.05) is 13.0 Å². The molecule has 16 heavy (non-hydrogen) atoms. The van der Waals surface area contributed by atoms with Gasteiger partial charge in [0.1, 0.15) is 6.07 Å². The number of nitriles is 1. The lowest BCUT2D eigenvalue weighted by Crippen LogP contribution is -2.07. The fraction of sp³-hybridized carbons (Fsp3) is 0.333. The van der Waals surface area contributed by atoms with Crippen LogP contribution in [0.4, 0.5) is 0 Å². The Morgan fingerprint density at radius 2 is 2.19 bits per heavy atom. The highest BCUT2D eigenvalue weighted by Crippen LogP contribution is 2.22. The summed E-state index contributed by atoms with van der Waals surface area (Å²) in [5, 5.41) is 8.90. The molecule has 1 rings (SSSR count). The van der Waals surface area contributed by atoms with Crippen LogP contribution in [0.1, 0.15) is 23.6 Å². The van der Waals surface area contributed by atoms with Gasteiger partial charge in [-0.15, -0.1) is 0 Å². The molecule has 0 saturated heterocycles. The number of ether oxygens (including phenoxy) is 1. The molecule has 0 bridgehead atoms. The molecule has 0 saturated carbocycles. The molecule has 0 aliphatic rings. The Labute approximate surface area is 103 Å². The number of hydrogen-bond acceptors (Lipinski definition) is 3. The molecule has 0 aliphatic heterocycles. The van der Waals surface area contributed by atoms with Crippen LogP contribution >= 0.6 is 15.9 Å². The van der Waals surface area contributed by atoms with Gasteiger partial charge in [0.05, 0.1) is 19.1 Å². The van der Waals surface area contributed by atoms with E-state index in [0.29, 0.717) is 5.56 Å². The lowest BCUT2D eigenvalue weighted by molar-refractivity contribution is -0.139. The van der Waals surface area contributed by atoms with Crippen molar-refractivity contribution >= 4 is 21.9 Å². The lowest BCUT2D eigenvalue weighted by atomic mass is 10.00. The summed E-state index contributed by atoms with van der Waals surface area (Å²) in [6, 6.07) is 5.70. The van der Waals surface area contributed by atoms with Gasteiger partial charge < -0.3 is 4.74 Å². The number of methoxy groups -OCH3 is 1. The molecule has 0 atom stereocenters. The molecule has 0 aromatic heterocycles. The zero-order valence-corrected chi connectivity index (χ0v) is 10.8. The van der Waals surface area contributed by atoms with Gasteiger partial charge in [0.2, 0.25) is 0 Å². The first kappa shape index (κ1) is 12.7. The summed E-state index contributed by atoms with van der Waals surface area (Å²) in [5.41, 5.74) is 2.45. The van der Waals surface area contributed by atoms with E-state index in [1.165, 1.54) is 7.11 Å². The predicted molar refractivity (Wildman–Crippen MR) is 64.0 cm³/mol. The van der Waals surface area contributed by atoms with Crippen LogP contribution in [0.15, 0.2) is 16.6 Å². The SMILES string of the molecule is CCc1cc(Br)c(C#N)cc1CC(=O)OC. The van der Waals surface area contributed by atoms with Crippen molar-refractivity contribution < 1.29 is 9.53 Å². The van der Waals surface area contributed by atoms with Crippen LogP contribution in [0.25, 0.3) is 0 Å². The number of hydrogen-bond donors (Lipinski definition) is 0. The fourth-order valence-corrected chi connectivity index (χ4v) is 1.95. The van der Waals surface area contributed by atoms with Crippen LogP contribution in [-0.2, 0) is 22.4 Å². The van der Waals surface area contributed by atoms with Gasteiger partial charge in [-0.05, 0) is 45.6 Å². The van der Waals surface area contributed by atoms with Crippen molar-refractivity contribution in [1.82, 2.24) is 0 Å². The van der Waals surface area contributed by atoms with Crippen molar-refractivity contribution in [3.05, 3.63) is 33.3 Å². The highest BCUT2D eigenvalue weighted by atomic mass is 79.9. The van der Waals surface area contributed by atoms with Crippen molar-refractivity contribution in [2.45, 2.75) is 19.8 Å². The molecule has 0 unspecified atom stereocenters. The number of halogens is 1. The second-order valence-electron chi connectivity index (χ2n) is 3.32. The summed E-state index contributed by atoms with van der Waals surface area (Å²) in [5.74, 6) is -0.291. The van der Waals surface area contributed by atoms with Crippen LogP contribution in [0, 0.1) is 11.3 Å². The van der Waals surface area contributed by atoms with Crippen molar-refractivity contribution in [3.8, 4) is 6.07 Å². The normalized spacial score (nSPS) is 9.62. The molecule has 0 heterocycles. The molecule has 1 aromatic carbocycles. The van der Waals surface area contributed by atoms with Gasteiger partial charge in [0, 0.05) is 4.47 Å². The molecule has 0 amide bonds. The van der Waals surface area contributed by atoms with Gasteiger partial charge in [0.15, 0.2) is 0 Å². The Bertz CT molecular complexity index is 449. The third kappa shape index (κ3) is 2.83. The Kier molecular flexibility index (Phi) is 4.51. The number of nitrogens with zero attached hydrogens (tertiary/aromatic N) is 1. The third-order valence-electron chi connectivity index (χ3n) is 2.35. The molecule has 0 N–H and O–H groups in total. The van der Waals surface area contributed by atoms with Gasteiger partial charge in [-0.2, -0.15) is 5.26 Å². The van der Waals surface area contributed by atoms with Crippen LogP contribution in [-0.4, -0.2) is 13.1 Å². The second kappa shape index (κ2) is 5.66. The van der Waals surface area contributed by atoms with Crippen LogP contribution in [0.2, 0.25) is 0 Å². The third-order valence-corrected chi connectivity index (χ3v) is 3.01. The van der Waals surface area contributed by atoms with E-state index in [4.69, 9.17) is 5.26 Å². The molecular formula is C12H12BrNO2. The highest BCUT2D eigenvalue weighted by molar-refractivity contribution is 9.10. The van der Waals surface area contributed by atoms with E-state index in [0.717, 1.165) is 22.0 Å². The zero-order valence-electron chi connectivity index (χ0n) is 9.21. The van der Waals surface area contributed by atoms with Gasteiger partial charge >= 0.3 is 5.97 Å². The Morgan fingerprint density at radius 3 is 2.69 bits per heavy atom. The maximum atomic E-state index is 11.2. The van der Waals surface area contributed by atoms with Gasteiger partial charge in [-0.25, -0.2) is 0 Å². The summed E-state index contributed by atoms with van der Waals surface area (Å²) in [4.78, 5) is 11.2. The van der Waals surface area contributed by atoms with E-state index in [2.05, 4.69) is 26.7 Å². The molecule has 0 radical (unpaired) electrons. The van der Waals surface area contributed by atoms with Gasteiger partial charge in [-0.3, -0.25) is 4.79 Å². The first-order valence-corrected chi connectivity index (χ1v) is 5.69. The first-order valence-electron chi connectivity index (χ1n) is 4.90. The standard InChI is InChI=1S/C12H12BrNO2/c1-3-8-5-11(13)10(7-14)4-9(8)6-12(15)16-2/h4-5H,3,6H2,1-2H3. The summed E-state index contributed by atoms with van der Waals surface area (Å²) in [6.45, 7) is 2.01. The van der Waals surface area contributed by atoms with E-state index in [9.17, 15) is 4.79 Å². The van der Waals surface area contributed by atoms with Gasteiger partial charge in [0.25, 0.3) is 0 Å². The lowest BCUT2D eigenvalue weighted by Gasteiger charge is -2.08. The van der Waals surface area contributed by atoms with E-state index >= 15 is 0 Å². The topological polar surface area (TPSA) is 50.1 Å². The summed E-state index contributed by atoms with van der Waals surface area (Å²) in [6.07, 6.45) is 1.03. The van der Waals surface area contributed by atoms with E-state index in [1.54, 1.807) is 6.07 Å². The fourth-order valence-electron chi connectivity index (χ4n) is 1.47. The molecular weight excluding hydrogens is 270 g/mol. The summed E-state index contributed by atoms with van der Waals surface area (Å²) in [7, 11) is 1.36. The van der Waals surface area contributed by atoms with Crippen LogP contribution in [0.5, 0.6) is 0 Å². The van der Waals surface area contributed by atoms with Crippen LogP contribution in [0.3, 0.4) is 0 Å². The Balaban J connectivity index is 3.15. The number of aryl methyl sites for hydroxylation is 1. The van der Waals surface area contributed by atoms with E-state index < -0.39 is 0 Å². The molecule has 4 heteroatoms. The van der Waals surface area contributed by atoms with Crippen molar-refractivity contribution in [3.63, 3.8) is 0 Å². The summed E-state index contributed by atoms with van der Waals surface area (Å²) < 4.78 is 5.39. The van der Waals surface area contributed by atoms with Gasteiger partial charge in [-0.1, -0.05) is 6.92 Å². The molecule has 0 fully saturated rings. The average Bonchev–Trinajstić information content (AvgIpc) is 2.30. The first-order chi connectivity index (χ1) is 7.62. The van der Waals surface area contributed by atoms with Crippen LogP contribution < -0.4 is 0 Å². The monoisotopic (exact) mass is 281 g/mol. The van der Waals surface area contributed by atoms with Crippen molar-refractivity contribution in [2.24, 2.45) is 0 Å². The molecule has 0 spiro atoms. The number of carbonyl (C=O) groups is 1. The molecule has 0 aliphatic carbocycles.